The summed E-state index contributed by atoms with van der Waals surface area (Å²) in [6.45, 7) is 4.29. The summed E-state index contributed by atoms with van der Waals surface area (Å²) in [6.07, 6.45) is 0.903. The molecule has 0 radical (unpaired) electrons. The Morgan fingerprint density at radius 2 is 2.11 bits per heavy atom. The van der Waals surface area contributed by atoms with Gasteiger partial charge in [0.05, 0.1) is 13.0 Å². The zero-order chi connectivity index (χ0) is 13.4. The van der Waals surface area contributed by atoms with Crippen LogP contribution < -0.4 is 10.1 Å². The number of hydrogen-bond donors (Lipinski definition) is 2. The van der Waals surface area contributed by atoms with Crippen molar-refractivity contribution in [2.24, 2.45) is 0 Å². The van der Waals surface area contributed by atoms with Crippen LogP contribution in [-0.4, -0.2) is 30.3 Å². The molecular formula is C14H21NO3. The van der Waals surface area contributed by atoms with Gasteiger partial charge in [0.25, 0.3) is 0 Å². The number of para-hydroxylation sites is 1. The molecular weight excluding hydrogens is 230 g/mol. The second kappa shape index (κ2) is 7.71. The van der Waals surface area contributed by atoms with Crippen LogP contribution in [0.5, 0.6) is 5.75 Å². The van der Waals surface area contributed by atoms with Crippen LogP contribution in [0.2, 0.25) is 0 Å². The number of amides is 1. The van der Waals surface area contributed by atoms with E-state index in [1.807, 2.05) is 38.1 Å². The van der Waals surface area contributed by atoms with Gasteiger partial charge < -0.3 is 15.2 Å². The van der Waals surface area contributed by atoms with E-state index in [2.05, 4.69) is 5.32 Å². The van der Waals surface area contributed by atoms with E-state index in [-0.39, 0.29) is 18.6 Å². The molecule has 0 unspecified atom stereocenters. The molecule has 4 heteroatoms. The van der Waals surface area contributed by atoms with Crippen LogP contribution in [0.25, 0.3) is 0 Å². The summed E-state index contributed by atoms with van der Waals surface area (Å²) < 4.78 is 5.57. The summed E-state index contributed by atoms with van der Waals surface area (Å²) in [6, 6.07) is 7.71. The number of hydrogen-bond acceptors (Lipinski definition) is 3. The van der Waals surface area contributed by atoms with Gasteiger partial charge >= 0.3 is 0 Å². The number of carbonyl (C=O) groups is 1. The molecule has 0 fully saturated rings. The summed E-state index contributed by atoms with van der Waals surface area (Å²) >= 11 is 0. The lowest BCUT2D eigenvalue weighted by Gasteiger charge is -2.11. The highest BCUT2D eigenvalue weighted by Gasteiger charge is 2.05. The molecule has 0 bridgehead atoms. The van der Waals surface area contributed by atoms with Gasteiger partial charge in [0.2, 0.25) is 5.91 Å². The molecule has 1 aromatic rings. The quantitative estimate of drug-likeness (QED) is 0.772. The highest BCUT2D eigenvalue weighted by molar-refractivity contribution is 5.76. The molecule has 1 aromatic carbocycles. The van der Waals surface area contributed by atoms with Gasteiger partial charge in [-0.25, -0.2) is 0 Å². The van der Waals surface area contributed by atoms with Crippen LogP contribution in [-0.2, 0) is 11.2 Å². The molecule has 0 spiro atoms. The molecule has 1 rings (SSSR count). The van der Waals surface area contributed by atoms with Crippen molar-refractivity contribution in [2.45, 2.75) is 32.7 Å². The van der Waals surface area contributed by atoms with Gasteiger partial charge in [-0.05, 0) is 31.9 Å². The van der Waals surface area contributed by atoms with E-state index in [4.69, 9.17) is 9.84 Å². The SMILES string of the molecule is CC(C)NC(=O)CCOc1ccccc1CCO. The Morgan fingerprint density at radius 1 is 1.39 bits per heavy atom. The third-order valence-electron chi connectivity index (χ3n) is 2.39. The van der Waals surface area contributed by atoms with E-state index < -0.39 is 0 Å². The van der Waals surface area contributed by atoms with Crippen LogP contribution in [0.3, 0.4) is 0 Å². The van der Waals surface area contributed by atoms with E-state index in [0.29, 0.717) is 19.4 Å². The van der Waals surface area contributed by atoms with E-state index in [9.17, 15) is 4.79 Å². The zero-order valence-electron chi connectivity index (χ0n) is 11.0. The first kappa shape index (κ1) is 14.5. The molecule has 0 atom stereocenters. The third kappa shape index (κ3) is 5.19. The summed E-state index contributed by atoms with van der Waals surface area (Å²) in [5.74, 6) is 0.730. The molecule has 0 saturated heterocycles. The van der Waals surface area contributed by atoms with Gasteiger partial charge in [-0.3, -0.25) is 4.79 Å². The standard InChI is InChI=1S/C14H21NO3/c1-11(2)15-14(17)8-10-18-13-6-4-3-5-12(13)7-9-16/h3-6,11,16H,7-10H2,1-2H3,(H,15,17). The lowest BCUT2D eigenvalue weighted by molar-refractivity contribution is -0.122. The van der Waals surface area contributed by atoms with Crippen LogP contribution in [0.1, 0.15) is 25.8 Å². The Hall–Kier alpha value is -1.55. The lowest BCUT2D eigenvalue weighted by atomic mass is 10.1. The zero-order valence-corrected chi connectivity index (χ0v) is 11.0. The van der Waals surface area contributed by atoms with E-state index in [0.717, 1.165) is 11.3 Å². The van der Waals surface area contributed by atoms with E-state index in [1.165, 1.54) is 0 Å². The molecule has 1 amide bonds. The molecule has 0 aliphatic carbocycles. The monoisotopic (exact) mass is 251 g/mol. The molecule has 0 heterocycles. The Bertz CT molecular complexity index is 377. The van der Waals surface area contributed by atoms with Crippen molar-refractivity contribution in [3.8, 4) is 5.75 Å². The van der Waals surface area contributed by atoms with Gasteiger partial charge in [0.15, 0.2) is 0 Å². The first-order valence-corrected chi connectivity index (χ1v) is 6.24. The minimum atomic E-state index is -0.00959. The Morgan fingerprint density at radius 3 is 2.78 bits per heavy atom. The molecule has 18 heavy (non-hydrogen) atoms. The van der Waals surface area contributed by atoms with E-state index >= 15 is 0 Å². The number of benzene rings is 1. The van der Waals surface area contributed by atoms with Crippen molar-refractivity contribution in [2.75, 3.05) is 13.2 Å². The van der Waals surface area contributed by atoms with Crippen LogP contribution in [0.15, 0.2) is 24.3 Å². The van der Waals surface area contributed by atoms with Gasteiger partial charge in [0, 0.05) is 12.6 Å². The fourth-order valence-electron chi connectivity index (χ4n) is 1.62. The molecule has 0 aliphatic rings. The second-order valence-corrected chi connectivity index (χ2v) is 4.40. The third-order valence-corrected chi connectivity index (χ3v) is 2.39. The number of nitrogens with one attached hydrogen (secondary N) is 1. The average Bonchev–Trinajstić information content (AvgIpc) is 2.30. The highest BCUT2D eigenvalue weighted by Crippen LogP contribution is 2.18. The molecule has 100 valence electrons. The number of aliphatic hydroxyl groups excluding tert-OH is 1. The van der Waals surface area contributed by atoms with Crippen molar-refractivity contribution in [3.05, 3.63) is 29.8 Å². The van der Waals surface area contributed by atoms with Crippen molar-refractivity contribution in [1.29, 1.82) is 0 Å². The minimum Gasteiger partial charge on any atom is -0.493 e. The van der Waals surface area contributed by atoms with Crippen molar-refractivity contribution >= 4 is 5.91 Å². The van der Waals surface area contributed by atoms with Gasteiger partial charge in [-0.1, -0.05) is 18.2 Å². The summed E-state index contributed by atoms with van der Waals surface area (Å²) in [5.41, 5.74) is 0.962. The largest absolute Gasteiger partial charge is 0.493 e. The van der Waals surface area contributed by atoms with Gasteiger partial charge in [-0.15, -0.1) is 0 Å². The molecule has 0 aliphatic heterocycles. The van der Waals surface area contributed by atoms with Crippen molar-refractivity contribution in [1.82, 2.24) is 5.32 Å². The number of aliphatic hydroxyl groups is 1. The number of ether oxygens (including phenoxy) is 1. The molecule has 2 N–H and O–H groups in total. The van der Waals surface area contributed by atoms with Crippen LogP contribution in [0, 0.1) is 0 Å². The first-order valence-electron chi connectivity index (χ1n) is 6.24. The Balaban J connectivity index is 2.41. The Labute approximate surface area is 108 Å². The number of carbonyl (C=O) groups excluding carboxylic acids is 1. The average molecular weight is 251 g/mol. The highest BCUT2D eigenvalue weighted by atomic mass is 16.5. The normalized spacial score (nSPS) is 10.4. The topological polar surface area (TPSA) is 58.6 Å². The summed E-state index contributed by atoms with van der Waals surface area (Å²) in [7, 11) is 0. The van der Waals surface area contributed by atoms with Gasteiger partial charge in [-0.2, -0.15) is 0 Å². The van der Waals surface area contributed by atoms with Crippen molar-refractivity contribution in [3.63, 3.8) is 0 Å². The number of rotatable bonds is 7. The maximum Gasteiger partial charge on any atom is 0.223 e. The van der Waals surface area contributed by atoms with Crippen LogP contribution in [0.4, 0.5) is 0 Å². The summed E-state index contributed by atoms with van der Waals surface area (Å²) in [5, 5.41) is 11.7. The predicted octanol–water partition coefficient (Wildman–Crippen LogP) is 1.51. The maximum absolute atomic E-state index is 11.4. The smallest absolute Gasteiger partial charge is 0.223 e. The minimum absolute atomic E-state index is 0.00959. The predicted molar refractivity (Wildman–Crippen MR) is 70.6 cm³/mol. The Kier molecular flexibility index (Phi) is 6.22. The molecule has 0 saturated carbocycles. The first-order chi connectivity index (χ1) is 8.63. The maximum atomic E-state index is 11.4. The van der Waals surface area contributed by atoms with Crippen LogP contribution >= 0.6 is 0 Å². The lowest BCUT2D eigenvalue weighted by Crippen LogP contribution is -2.31. The molecule has 0 aromatic heterocycles. The van der Waals surface area contributed by atoms with Gasteiger partial charge in [0.1, 0.15) is 5.75 Å². The van der Waals surface area contributed by atoms with E-state index in [1.54, 1.807) is 0 Å². The fraction of sp³-hybridized carbons (Fsp3) is 0.500. The van der Waals surface area contributed by atoms with Crippen molar-refractivity contribution < 1.29 is 14.6 Å². The molecule has 4 nitrogen and oxygen atoms in total. The fourth-order valence-corrected chi connectivity index (χ4v) is 1.62. The second-order valence-electron chi connectivity index (χ2n) is 4.40. The summed E-state index contributed by atoms with van der Waals surface area (Å²) in [4.78, 5) is 11.4.